The van der Waals surface area contributed by atoms with Gasteiger partial charge in [-0.15, -0.1) is 5.10 Å². The molecule has 1 aliphatic rings. The van der Waals surface area contributed by atoms with Crippen LogP contribution in [0, 0.1) is 3.57 Å². The molecule has 1 fully saturated rings. The number of halogens is 1. The Hall–Kier alpha value is -2.07. The number of carbonyl (C=O) groups is 1. The van der Waals surface area contributed by atoms with Crippen molar-refractivity contribution in [2.45, 2.75) is 6.61 Å². The number of methoxy groups -OCH3 is 1. The van der Waals surface area contributed by atoms with Gasteiger partial charge >= 0.3 is 0 Å². The van der Waals surface area contributed by atoms with Crippen LogP contribution in [-0.4, -0.2) is 30.2 Å². The van der Waals surface area contributed by atoms with Crippen LogP contribution >= 0.6 is 34.4 Å². The Kier molecular flexibility index (Phi) is 6.51. The Morgan fingerprint density at radius 2 is 2.12 bits per heavy atom. The van der Waals surface area contributed by atoms with E-state index in [1.807, 2.05) is 42.5 Å². The molecule has 1 heterocycles. The zero-order valence-electron chi connectivity index (χ0n) is 13.9. The summed E-state index contributed by atoms with van der Waals surface area (Å²) in [5.41, 5.74) is 1.92. The lowest BCUT2D eigenvalue weighted by Gasteiger charge is -2.13. The highest BCUT2D eigenvalue weighted by atomic mass is 127. The van der Waals surface area contributed by atoms with Crippen LogP contribution in [0.4, 0.5) is 0 Å². The molecule has 1 N–H and O–H groups in total. The first-order valence-electron chi connectivity index (χ1n) is 7.73. The molecule has 2 aromatic carbocycles. The predicted molar refractivity (Wildman–Crippen MR) is 112 cm³/mol. The number of ether oxygens (including phenoxy) is 2. The molecule has 0 unspecified atom stereocenters. The number of amidine groups is 1. The van der Waals surface area contributed by atoms with Crippen molar-refractivity contribution < 1.29 is 14.3 Å². The molecule has 0 radical (unpaired) electrons. The van der Waals surface area contributed by atoms with Gasteiger partial charge in [0.2, 0.25) is 5.91 Å². The van der Waals surface area contributed by atoms with Crippen LogP contribution in [0.5, 0.6) is 11.5 Å². The van der Waals surface area contributed by atoms with Gasteiger partial charge in [0.25, 0.3) is 0 Å². The fraction of sp³-hybridized carbons (Fsp3) is 0.167. The predicted octanol–water partition coefficient (Wildman–Crippen LogP) is 3.43. The van der Waals surface area contributed by atoms with Gasteiger partial charge in [0.05, 0.1) is 22.6 Å². The van der Waals surface area contributed by atoms with Gasteiger partial charge in [-0.05, 0) is 45.9 Å². The first-order valence-corrected chi connectivity index (χ1v) is 9.80. The molecule has 0 bridgehead atoms. The smallest absolute Gasteiger partial charge is 0.236 e. The Balaban J connectivity index is 1.73. The lowest BCUT2D eigenvalue weighted by molar-refractivity contribution is -0.116. The van der Waals surface area contributed by atoms with Crippen molar-refractivity contribution in [1.29, 1.82) is 0 Å². The molecular formula is C18H16IN3O3S. The van der Waals surface area contributed by atoms with Crippen LogP contribution in [0.25, 0.3) is 0 Å². The minimum Gasteiger partial charge on any atom is -0.493 e. The first-order chi connectivity index (χ1) is 12.7. The fourth-order valence-corrected chi connectivity index (χ4v) is 3.62. The van der Waals surface area contributed by atoms with Crippen LogP contribution in [0.1, 0.15) is 11.1 Å². The third-order valence-electron chi connectivity index (χ3n) is 3.42. The van der Waals surface area contributed by atoms with Gasteiger partial charge in [0, 0.05) is 0 Å². The lowest BCUT2D eigenvalue weighted by atomic mass is 10.2. The van der Waals surface area contributed by atoms with Crippen LogP contribution in [0.3, 0.4) is 0 Å². The minimum absolute atomic E-state index is 0.0555. The molecule has 0 aromatic heterocycles. The van der Waals surface area contributed by atoms with Crippen molar-refractivity contribution in [3.05, 3.63) is 57.2 Å². The summed E-state index contributed by atoms with van der Waals surface area (Å²) < 4.78 is 12.3. The third kappa shape index (κ3) is 4.98. The van der Waals surface area contributed by atoms with E-state index in [2.05, 4.69) is 38.1 Å². The maximum atomic E-state index is 11.1. The molecule has 1 amide bonds. The summed E-state index contributed by atoms with van der Waals surface area (Å²) in [6, 6.07) is 13.7. The molecule has 1 aliphatic heterocycles. The lowest BCUT2D eigenvalue weighted by Crippen LogP contribution is -2.19. The molecule has 0 atom stereocenters. The van der Waals surface area contributed by atoms with E-state index >= 15 is 0 Å². The average molecular weight is 481 g/mol. The average Bonchev–Trinajstić information content (AvgIpc) is 3.06. The van der Waals surface area contributed by atoms with Gasteiger partial charge in [-0.1, -0.05) is 42.1 Å². The maximum Gasteiger partial charge on any atom is 0.236 e. The summed E-state index contributed by atoms with van der Waals surface area (Å²) in [5, 5.41) is 11.2. The molecule has 2 aromatic rings. The molecule has 0 spiro atoms. The Labute approximate surface area is 169 Å². The number of carbonyl (C=O) groups excluding carboxylic acids is 1. The molecule has 134 valence electrons. The molecule has 0 aliphatic carbocycles. The summed E-state index contributed by atoms with van der Waals surface area (Å²) in [4.78, 5) is 11.1. The van der Waals surface area contributed by atoms with Crippen LogP contribution in [-0.2, 0) is 11.4 Å². The molecule has 1 saturated heterocycles. The molecule has 26 heavy (non-hydrogen) atoms. The van der Waals surface area contributed by atoms with Crippen LogP contribution in [0.2, 0.25) is 0 Å². The summed E-state index contributed by atoms with van der Waals surface area (Å²) in [6.45, 7) is 0.464. The normalized spacial score (nSPS) is 15.5. The number of rotatable bonds is 6. The minimum atomic E-state index is -0.0555. The van der Waals surface area contributed by atoms with E-state index in [0.29, 0.717) is 29.0 Å². The largest absolute Gasteiger partial charge is 0.493 e. The van der Waals surface area contributed by atoms with E-state index in [1.54, 1.807) is 13.3 Å². The quantitative estimate of drug-likeness (QED) is 0.390. The summed E-state index contributed by atoms with van der Waals surface area (Å²) in [5.74, 6) is 1.65. The number of thioether (sulfide) groups is 1. The van der Waals surface area contributed by atoms with Crippen molar-refractivity contribution in [1.82, 2.24) is 5.32 Å². The molecule has 0 saturated carbocycles. The van der Waals surface area contributed by atoms with E-state index in [9.17, 15) is 4.79 Å². The molecular weight excluding hydrogens is 465 g/mol. The van der Waals surface area contributed by atoms with Crippen molar-refractivity contribution in [3.8, 4) is 11.5 Å². The number of hydrogen-bond donors (Lipinski definition) is 1. The number of nitrogens with zero attached hydrogens (tertiary/aromatic N) is 2. The van der Waals surface area contributed by atoms with Gasteiger partial charge in [0.15, 0.2) is 16.7 Å². The zero-order valence-corrected chi connectivity index (χ0v) is 16.9. The Morgan fingerprint density at radius 3 is 2.81 bits per heavy atom. The topological polar surface area (TPSA) is 72.3 Å². The van der Waals surface area contributed by atoms with Crippen molar-refractivity contribution in [3.63, 3.8) is 0 Å². The second-order valence-corrected chi connectivity index (χ2v) is 7.42. The Morgan fingerprint density at radius 1 is 1.31 bits per heavy atom. The van der Waals surface area contributed by atoms with E-state index in [1.165, 1.54) is 11.8 Å². The van der Waals surface area contributed by atoms with Crippen molar-refractivity contribution in [2.75, 3.05) is 12.9 Å². The van der Waals surface area contributed by atoms with Crippen LogP contribution < -0.4 is 14.8 Å². The van der Waals surface area contributed by atoms with Crippen molar-refractivity contribution in [2.24, 2.45) is 10.2 Å². The molecule has 6 nitrogen and oxygen atoms in total. The standard InChI is InChI=1S/C18H16IN3O3S/c1-24-15-8-13(9-20-22-18-21-16(23)11-26-18)7-14(19)17(15)25-10-12-5-3-2-4-6-12/h2-9H,10-11H2,1H3,(H,21,22,23). The third-order valence-corrected chi connectivity index (χ3v) is 5.08. The monoisotopic (exact) mass is 481 g/mol. The number of nitrogens with one attached hydrogen (secondary N) is 1. The molecule has 8 heteroatoms. The zero-order chi connectivity index (χ0) is 18.4. The van der Waals surface area contributed by atoms with Gasteiger partial charge < -0.3 is 14.8 Å². The number of benzene rings is 2. The second kappa shape index (κ2) is 9.04. The van der Waals surface area contributed by atoms with E-state index in [4.69, 9.17) is 9.47 Å². The number of hydrogen-bond acceptors (Lipinski definition) is 6. The Bertz CT molecular complexity index is 856. The number of amides is 1. The summed E-state index contributed by atoms with van der Waals surface area (Å²) in [7, 11) is 1.60. The van der Waals surface area contributed by atoms with E-state index < -0.39 is 0 Å². The SMILES string of the molecule is COc1cc(C=NN=C2NC(=O)CS2)cc(I)c1OCc1ccccc1. The first kappa shape index (κ1) is 18.7. The highest BCUT2D eigenvalue weighted by Gasteiger charge is 2.16. The van der Waals surface area contributed by atoms with E-state index in [0.717, 1.165) is 14.7 Å². The maximum absolute atomic E-state index is 11.1. The summed E-state index contributed by atoms with van der Waals surface area (Å²) >= 11 is 3.54. The van der Waals surface area contributed by atoms with Gasteiger partial charge in [-0.2, -0.15) is 5.10 Å². The van der Waals surface area contributed by atoms with Crippen LogP contribution in [0.15, 0.2) is 52.7 Å². The van der Waals surface area contributed by atoms with E-state index in [-0.39, 0.29) is 5.91 Å². The van der Waals surface area contributed by atoms with Gasteiger partial charge in [-0.25, -0.2) is 0 Å². The highest BCUT2D eigenvalue weighted by Crippen LogP contribution is 2.34. The highest BCUT2D eigenvalue weighted by molar-refractivity contribution is 14.1. The van der Waals surface area contributed by atoms with Crippen molar-refractivity contribution >= 4 is 51.6 Å². The summed E-state index contributed by atoms with van der Waals surface area (Å²) in [6.07, 6.45) is 1.61. The molecule has 3 rings (SSSR count). The second-order valence-electron chi connectivity index (χ2n) is 5.29. The van der Waals surface area contributed by atoms with Gasteiger partial charge in [0.1, 0.15) is 6.61 Å². The fourth-order valence-electron chi connectivity index (χ4n) is 2.21. The van der Waals surface area contributed by atoms with Gasteiger partial charge in [-0.3, -0.25) is 4.79 Å².